The standard InChI is InChI=1S/C32H43N3O6S/c1-23(2)41-29-19-26(18-27(20-29)35-14-7-8-15-42(35,38)39)32(37)34-30(17-24-10-5-4-6-11-24)31(36)22-33-21-25-12-9-13-28(16-25)40-3/h4-6,9-13,16,18-20,23,30-31,33,36,38-39H,7-8,14-15,17,21-22H2,1-3H3,(H,34,37)/t30-,31+/m0/s1. The molecule has 0 aliphatic carbocycles. The van der Waals surface area contributed by atoms with Crippen molar-refractivity contribution in [1.82, 2.24) is 10.6 Å². The number of hydrogen-bond acceptors (Lipinski definition) is 8. The quantitative estimate of drug-likeness (QED) is 0.181. The molecule has 1 aliphatic heterocycles. The topological polar surface area (TPSA) is 124 Å². The Morgan fingerprint density at radius 1 is 0.976 bits per heavy atom. The van der Waals surface area contributed by atoms with E-state index >= 15 is 0 Å². The highest BCUT2D eigenvalue weighted by atomic mass is 32.3. The maximum absolute atomic E-state index is 13.7. The summed E-state index contributed by atoms with van der Waals surface area (Å²) in [4.78, 5) is 13.7. The Balaban J connectivity index is 1.54. The van der Waals surface area contributed by atoms with Gasteiger partial charge in [0.25, 0.3) is 5.91 Å². The lowest BCUT2D eigenvalue weighted by molar-refractivity contribution is 0.0829. The lowest BCUT2D eigenvalue weighted by Crippen LogP contribution is -2.48. The van der Waals surface area contributed by atoms with Gasteiger partial charge in [-0.1, -0.05) is 42.5 Å². The molecule has 0 radical (unpaired) electrons. The van der Waals surface area contributed by atoms with E-state index in [1.54, 1.807) is 29.6 Å². The van der Waals surface area contributed by atoms with Crippen LogP contribution >= 0.6 is 10.8 Å². The molecule has 0 bridgehead atoms. The molecule has 2 atom stereocenters. The SMILES string of the molecule is COc1cccc(CNC[C@@H](O)[C@H](Cc2ccccc2)NC(=O)c2cc(OC(C)C)cc(N3CCCCS3(O)O)c2)c1. The molecule has 0 aromatic heterocycles. The van der Waals surface area contributed by atoms with E-state index in [9.17, 15) is 19.0 Å². The second-order valence-corrected chi connectivity index (χ2v) is 13.0. The van der Waals surface area contributed by atoms with E-state index in [0.29, 0.717) is 36.5 Å². The summed E-state index contributed by atoms with van der Waals surface area (Å²) in [6.07, 6.45) is 0.959. The highest BCUT2D eigenvalue weighted by Crippen LogP contribution is 2.50. The third-order valence-corrected chi connectivity index (χ3v) is 9.03. The van der Waals surface area contributed by atoms with Crippen LogP contribution in [0.2, 0.25) is 0 Å². The number of nitrogens with zero attached hydrogens (tertiary/aromatic N) is 1. The van der Waals surface area contributed by atoms with Crippen LogP contribution in [-0.4, -0.2) is 64.3 Å². The lowest BCUT2D eigenvalue weighted by Gasteiger charge is -2.47. The number of aliphatic hydroxyl groups is 1. The Morgan fingerprint density at radius 3 is 2.45 bits per heavy atom. The molecule has 0 unspecified atom stereocenters. The van der Waals surface area contributed by atoms with Crippen LogP contribution in [0.15, 0.2) is 72.8 Å². The van der Waals surface area contributed by atoms with Crippen LogP contribution in [0.1, 0.15) is 48.2 Å². The fourth-order valence-corrected chi connectivity index (χ4v) is 6.67. The maximum Gasteiger partial charge on any atom is 0.251 e. The summed E-state index contributed by atoms with van der Waals surface area (Å²) in [7, 11) is -1.37. The van der Waals surface area contributed by atoms with Gasteiger partial charge in [-0.3, -0.25) is 18.2 Å². The van der Waals surface area contributed by atoms with Crippen LogP contribution in [0.4, 0.5) is 5.69 Å². The summed E-state index contributed by atoms with van der Waals surface area (Å²) in [6.45, 7) is 5.05. The monoisotopic (exact) mass is 597 g/mol. The van der Waals surface area contributed by atoms with E-state index in [4.69, 9.17) is 9.47 Å². The Labute approximate surface area is 250 Å². The van der Waals surface area contributed by atoms with Crippen LogP contribution in [-0.2, 0) is 13.0 Å². The van der Waals surface area contributed by atoms with Gasteiger partial charge in [0.2, 0.25) is 0 Å². The number of nitrogens with one attached hydrogen (secondary N) is 2. The number of benzene rings is 3. The first-order valence-electron chi connectivity index (χ1n) is 14.4. The van der Waals surface area contributed by atoms with Crippen LogP contribution < -0.4 is 24.4 Å². The highest BCUT2D eigenvalue weighted by molar-refractivity contribution is 8.25. The molecule has 3 aromatic rings. The molecule has 1 saturated heterocycles. The van der Waals surface area contributed by atoms with Gasteiger partial charge >= 0.3 is 0 Å². The zero-order chi connectivity index (χ0) is 30.1. The summed E-state index contributed by atoms with van der Waals surface area (Å²) in [5.74, 6) is 1.14. The first-order chi connectivity index (χ1) is 20.1. The van der Waals surface area contributed by atoms with Crippen molar-refractivity contribution in [1.29, 1.82) is 0 Å². The van der Waals surface area contributed by atoms with Gasteiger partial charge in [-0.25, -0.2) is 0 Å². The number of ether oxygens (including phenoxy) is 2. The Morgan fingerprint density at radius 2 is 1.74 bits per heavy atom. The van der Waals surface area contributed by atoms with Gasteiger partial charge in [-0.2, -0.15) is 0 Å². The molecule has 1 heterocycles. The van der Waals surface area contributed by atoms with Crippen LogP contribution in [0.5, 0.6) is 11.5 Å². The molecular formula is C32H43N3O6S. The van der Waals surface area contributed by atoms with Gasteiger partial charge in [-0.15, -0.1) is 10.8 Å². The molecule has 0 spiro atoms. The van der Waals surface area contributed by atoms with E-state index in [-0.39, 0.29) is 24.3 Å². The Hall–Kier alpha value is -3.28. The van der Waals surface area contributed by atoms with Crippen molar-refractivity contribution >= 4 is 22.4 Å². The summed E-state index contributed by atoms with van der Waals surface area (Å²) in [5.41, 5.74) is 2.84. The molecule has 0 saturated carbocycles. The number of methoxy groups -OCH3 is 1. The minimum atomic E-state index is -2.99. The van der Waals surface area contributed by atoms with Crippen molar-refractivity contribution in [3.05, 3.63) is 89.5 Å². The van der Waals surface area contributed by atoms with Crippen molar-refractivity contribution in [3.8, 4) is 11.5 Å². The van der Waals surface area contributed by atoms with E-state index in [2.05, 4.69) is 10.6 Å². The van der Waals surface area contributed by atoms with Crippen LogP contribution in [0.25, 0.3) is 0 Å². The molecule has 42 heavy (non-hydrogen) atoms. The number of rotatable bonds is 13. The minimum Gasteiger partial charge on any atom is -0.497 e. The molecule has 1 aliphatic rings. The number of hydrogen-bond donors (Lipinski definition) is 5. The van der Waals surface area contributed by atoms with Gasteiger partial charge in [0.15, 0.2) is 0 Å². The second-order valence-electron chi connectivity index (χ2n) is 10.8. The van der Waals surface area contributed by atoms with Crippen molar-refractivity contribution < 1.29 is 28.5 Å². The van der Waals surface area contributed by atoms with E-state index in [0.717, 1.165) is 29.7 Å². The fourth-order valence-electron chi connectivity index (χ4n) is 5.00. The summed E-state index contributed by atoms with van der Waals surface area (Å²) < 4.78 is 34.3. The molecule has 228 valence electrons. The van der Waals surface area contributed by atoms with Crippen molar-refractivity contribution in [2.24, 2.45) is 0 Å². The third kappa shape index (κ3) is 8.86. The van der Waals surface area contributed by atoms with Gasteiger partial charge < -0.3 is 25.2 Å². The Bertz CT molecular complexity index is 1310. The number of amides is 1. The lowest BCUT2D eigenvalue weighted by atomic mass is 10.00. The highest BCUT2D eigenvalue weighted by Gasteiger charge is 2.29. The van der Waals surface area contributed by atoms with Crippen LogP contribution in [0.3, 0.4) is 0 Å². The number of carbonyl (C=O) groups excluding carboxylic acids is 1. The number of anilines is 1. The average molecular weight is 598 g/mol. The Kier molecular flexibility index (Phi) is 11.1. The average Bonchev–Trinajstić information content (AvgIpc) is 2.96. The third-order valence-electron chi connectivity index (χ3n) is 7.09. The second kappa shape index (κ2) is 14.8. The molecule has 3 aromatic carbocycles. The normalized spacial score (nSPS) is 16.9. The predicted octanol–water partition coefficient (Wildman–Crippen LogP) is 5.24. The summed E-state index contributed by atoms with van der Waals surface area (Å²) in [5, 5.41) is 17.6. The van der Waals surface area contributed by atoms with Gasteiger partial charge in [0, 0.05) is 31.3 Å². The zero-order valence-corrected chi connectivity index (χ0v) is 25.3. The maximum atomic E-state index is 13.7. The van der Waals surface area contributed by atoms with Crippen LogP contribution in [0, 0.1) is 0 Å². The molecule has 4 rings (SSSR count). The van der Waals surface area contributed by atoms with Crippen molar-refractivity contribution in [3.63, 3.8) is 0 Å². The molecule has 1 fully saturated rings. The minimum absolute atomic E-state index is 0.138. The van der Waals surface area contributed by atoms with E-state index < -0.39 is 22.9 Å². The van der Waals surface area contributed by atoms with Gasteiger partial charge in [-0.05, 0) is 68.5 Å². The van der Waals surface area contributed by atoms with E-state index in [1.165, 1.54) is 0 Å². The molecular weight excluding hydrogens is 554 g/mol. The molecule has 9 nitrogen and oxygen atoms in total. The largest absolute Gasteiger partial charge is 0.497 e. The first-order valence-corrected chi connectivity index (χ1v) is 16.0. The van der Waals surface area contributed by atoms with E-state index in [1.807, 2.05) is 68.4 Å². The molecule has 5 N–H and O–H groups in total. The number of aliphatic hydroxyl groups excluding tert-OH is 1. The van der Waals surface area contributed by atoms with Gasteiger partial charge in [0.05, 0.1) is 36.8 Å². The zero-order valence-electron chi connectivity index (χ0n) is 24.5. The first kappa shape index (κ1) is 31.7. The fraction of sp³-hybridized carbons (Fsp3) is 0.406. The van der Waals surface area contributed by atoms with Crippen molar-refractivity contribution in [2.45, 2.75) is 57.9 Å². The number of carbonyl (C=O) groups is 1. The van der Waals surface area contributed by atoms with Crippen molar-refractivity contribution in [2.75, 3.05) is 30.3 Å². The molecule has 10 heteroatoms. The predicted molar refractivity (Wildman–Crippen MR) is 169 cm³/mol. The van der Waals surface area contributed by atoms with Gasteiger partial charge in [0.1, 0.15) is 11.5 Å². The smallest absolute Gasteiger partial charge is 0.251 e. The summed E-state index contributed by atoms with van der Waals surface area (Å²) >= 11 is 0. The summed E-state index contributed by atoms with van der Waals surface area (Å²) in [6, 6.07) is 21.9. The molecule has 1 amide bonds.